The molecule has 8 rings (SSSR count). The lowest BCUT2D eigenvalue weighted by atomic mass is 9.95. The molecule has 2 aliphatic rings. The maximum Gasteiger partial charge on any atom is 0.294 e. The van der Waals surface area contributed by atoms with Crippen molar-refractivity contribution in [2.24, 2.45) is 0 Å². The van der Waals surface area contributed by atoms with Gasteiger partial charge < -0.3 is 9.30 Å². The van der Waals surface area contributed by atoms with E-state index < -0.39 is 0 Å². The average molecular weight is 600 g/mol. The van der Waals surface area contributed by atoms with Crippen LogP contribution in [0.1, 0.15) is 47.2 Å². The molecule has 6 heterocycles. The van der Waals surface area contributed by atoms with Crippen LogP contribution >= 0.6 is 22.9 Å². The molecule has 0 bridgehead atoms. The number of benzene rings is 1. The lowest BCUT2D eigenvalue weighted by Gasteiger charge is -2.26. The van der Waals surface area contributed by atoms with Gasteiger partial charge in [0.2, 0.25) is 5.82 Å². The molecule has 1 aromatic carbocycles. The minimum atomic E-state index is -0.383. The van der Waals surface area contributed by atoms with E-state index in [0.29, 0.717) is 29.6 Å². The van der Waals surface area contributed by atoms with E-state index >= 15 is 0 Å². The fourth-order valence-corrected chi connectivity index (χ4v) is 6.96. The van der Waals surface area contributed by atoms with E-state index in [1.807, 2.05) is 57.5 Å². The molecule has 210 valence electrons. The first-order valence-corrected chi connectivity index (χ1v) is 14.8. The van der Waals surface area contributed by atoms with Gasteiger partial charge >= 0.3 is 0 Å². The smallest absolute Gasteiger partial charge is 0.294 e. The number of rotatable bonds is 6. The summed E-state index contributed by atoms with van der Waals surface area (Å²) in [4.78, 5) is 26.0. The summed E-state index contributed by atoms with van der Waals surface area (Å²) in [6.07, 6.45) is 8.25. The first-order valence-electron chi connectivity index (χ1n) is 13.6. The SMILES string of the molecule is O=C(c1nc(-c2cccs2)n(-c2cccc(F)c2)n1)N1CCC(c2cn(Cc3cn4cc(Cl)ccc4n3)nn2)C12CC2. The number of imidazole rings is 1. The number of likely N-dealkylation sites (tertiary alicyclic amines) is 1. The molecule has 0 radical (unpaired) electrons. The Bertz CT molecular complexity index is 1960. The third-order valence-electron chi connectivity index (χ3n) is 8.13. The van der Waals surface area contributed by atoms with Gasteiger partial charge in [0.25, 0.3) is 5.91 Å². The van der Waals surface area contributed by atoms with E-state index in [1.165, 1.54) is 23.5 Å². The first-order chi connectivity index (χ1) is 20.5. The molecule has 10 nitrogen and oxygen atoms in total. The highest BCUT2D eigenvalue weighted by Crippen LogP contribution is 2.57. The van der Waals surface area contributed by atoms with E-state index in [2.05, 4.69) is 25.4 Å². The molecule has 2 fully saturated rings. The number of nitrogens with zero attached hydrogens (tertiary/aromatic N) is 9. The first kappa shape index (κ1) is 25.3. The molecular formula is C29H23ClFN9OS. The molecule has 5 aromatic heterocycles. The summed E-state index contributed by atoms with van der Waals surface area (Å²) in [5, 5.41) is 16.1. The fraction of sp³-hybridized carbons (Fsp3) is 0.241. The standard InChI is InChI=1S/C29H23ClFN9OS/c30-18-6-7-25-32-20(15-37(25)14-18)16-38-17-23(34-36-38)22-8-11-39(29(22)9-10-29)28(41)26-33-27(24-5-2-12-42-24)40(35-26)21-4-1-3-19(31)13-21/h1-7,12-15,17,22H,8-11,16H2. The molecule has 42 heavy (non-hydrogen) atoms. The largest absolute Gasteiger partial charge is 0.329 e. The van der Waals surface area contributed by atoms with Crippen LogP contribution in [-0.2, 0) is 6.54 Å². The minimum absolute atomic E-state index is 0.0668. The summed E-state index contributed by atoms with van der Waals surface area (Å²) in [5.41, 5.74) is 2.71. The van der Waals surface area contributed by atoms with Gasteiger partial charge in [0.15, 0.2) is 5.82 Å². The third kappa shape index (κ3) is 4.21. The second kappa shape index (κ2) is 9.57. The fourth-order valence-electron chi connectivity index (χ4n) is 6.10. The van der Waals surface area contributed by atoms with Crippen molar-refractivity contribution in [2.45, 2.75) is 37.3 Å². The average Bonchev–Trinajstić information content (AvgIpc) is 3.56. The van der Waals surface area contributed by atoms with Crippen LogP contribution in [-0.4, -0.2) is 62.0 Å². The van der Waals surface area contributed by atoms with Crippen molar-refractivity contribution in [1.82, 2.24) is 44.0 Å². The lowest BCUT2D eigenvalue weighted by Crippen LogP contribution is -2.40. The third-order valence-corrected chi connectivity index (χ3v) is 9.22. The predicted octanol–water partition coefficient (Wildman–Crippen LogP) is 5.24. The van der Waals surface area contributed by atoms with Crippen LogP contribution in [0.2, 0.25) is 5.02 Å². The number of halogens is 2. The minimum Gasteiger partial charge on any atom is -0.329 e. The number of pyridine rings is 1. The number of amides is 1. The van der Waals surface area contributed by atoms with Gasteiger partial charge in [-0.25, -0.2) is 23.7 Å². The zero-order valence-corrected chi connectivity index (χ0v) is 23.7. The highest BCUT2D eigenvalue weighted by molar-refractivity contribution is 7.13. The van der Waals surface area contributed by atoms with Gasteiger partial charge in [0.1, 0.15) is 11.5 Å². The molecule has 1 unspecified atom stereocenters. The van der Waals surface area contributed by atoms with Crippen LogP contribution in [0, 0.1) is 5.82 Å². The number of thiophene rings is 1. The monoisotopic (exact) mass is 599 g/mol. The highest BCUT2D eigenvalue weighted by Gasteiger charge is 2.60. The zero-order valence-electron chi connectivity index (χ0n) is 22.1. The molecule has 1 saturated heterocycles. The molecule has 1 aliphatic carbocycles. The Morgan fingerprint density at radius 1 is 1.10 bits per heavy atom. The number of carbonyl (C=O) groups is 1. The summed E-state index contributed by atoms with van der Waals surface area (Å²) < 4.78 is 19.3. The number of hydrogen-bond donors (Lipinski definition) is 0. The predicted molar refractivity (Wildman–Crippen MR) is 154 cm³/mol. The second-order valence-corrected chi connectivity index (χ2v) is 12.1. The van der Waals surface area contributed by atoms with Crippen molar-refractivity contribution in [3.63, 3.8) is 0 Å². The quantitative estimate of drug-likeness (QED) is 0.260. The molecule has 1 saturated carbocycles. The van der Waals surface area contributed by atoms with Crippen molar-refractivity contribution in [2.75, 3.05) is 6.54 Å². The summed E-state index contributed by atoms with van der Waals surface area (Å²) >= 11 is 7.60. The number of hydrogen-bond acceptors (Lipinski definition) is 7. The van der Waals surface area contributed by atoms with Crippen molar-refractivity contribution in [1.29, 1.82) is 0 Å². The normalized spacial score (nSPS) is 17.5. The van der Waals surface area contributed by atoms with Crippen LogP contribution in [0.4, 0.5) is 4.39 Å². The Kier molecular flexibility index (Phi) is 5.76. The molecule has 13 heteroatoms. The van der Waals surface area contributed by atoms with Crippen LogP contribution in [0.15, 0.2) is 72.5 Å². The molecule has 1 amide bonds. The van der Waals surface area contributed by atoms with Crippen LogP contribution in [0.25, 0.3) is 22.0 Å². The molecule has 1 spiro atoms. The van der Waals surface area contributed by atoms with Crippen LogP contribution in [0.5, 0.6) is 0 Å². The van der Waals surface area contributed by atoms with Gasteiger partial charge in [0.05, 0.1) is 39.1 Å². The van der Waals surface area contributed by atoms with Crippen molar-refractivity contribution >= 4 is 34.5 Å². The second-order valence-electron chi connectivity index (χ2n) is 10.7. The van der Waals surface area contributed by atoms with Gasteiger partial charge in [-0.3, -0.25) is 4.79 Å². The Hall–Kier alpha value is -4.42. The molecule has 1 aliphatic heterocycles. The van der Waals surface area contributed by atoms with E-state index in [4.69, 9.17) is 11.6 Å². The van der Waals surface area contributed by atoms with E-state index in [-0.39, 0.29) is 29.0 Å². The molecular weight excluding hydrogens is 577 g/mol. The van der Waals surface area contributed by atoms with Gasteiger partial charge in [-0.05, 0) is 61.0 Å². The zero-order chi connectivity index (χ0) is 28.4. The summed E-state index contributed by atoms with van der Waals surface area (Å²) in [6, 6.07) is 13.6. The maximum atomic E-state index is 14.1. The summed E-state index contributed by atoms with van der Waals surface area (Å²) in [5.74, 6) is 0.0729. The van der Waals surface area contributed by atoms with Gasteiger partial charge in [-0.15, -0.1) is 21.5 Å². The van der Waals surface area contributed by atoms with E-state index in [9.17, 15) is 9.18 Å². The van der Waals surface area contributed by atoms with Crippen molar-refractivity contribution in [3.05, 3.63) is 101 Å². The topological polar surface area (TPSA) is 99.0 Å². The Morgan fingerprint density at radius 3 is 2.81 bits per heavy atom. The van der Waals surface area contributed by atoms with Gasteiger partial charge in [-0.2, -0.15) is 0 Å². The number of aromatic nitrogens is 8. The van der Waals surface area contributed by atoms with Gasteiger partial charge in [-0.1, -0.05) is 28.9 Å². The lowest BCUT2D eigenvalue weighted by molar-refractivity contribution is 0.0696. The highest BCUT2D eigenvalue weighted by atomic mass is 35.5. The Morgan fingerprint density at radius 2 is 2.00 bits per heavy atom. The number of carbonyl (C=O) groups excluding carboxylic acids is 1. The maximum absolute atomic E-state index is 14.1. The Balaban J connectivity index is 1.06. The Labute approximate surface area is 248 Å². The van der Waals surface area contributed by atoms with Crippen molar-refractivity contribution in [3.8, 4) is 16.4 Å². The molecule has 6 aromatic rings. The number of fused-ring (bicyclic) bond motifs is 1. The summed E-state index contributed by atoms with van der Waals surface area (Å²) in [7, 11) is 0. The van der Waals surface area contributed by atoms with Crippen LogP contribution in [0.3, 0.4) is 0 Å². The van der Waals surface area contributed by atoms with E-state index in [0.717, 1.165) is 41.2 Å². The van der Waals surface area contributed by atoms with Gasteiger partial charge in [0, 0.05) is 31.1 Å². The molecule has 0 N–H and O–H groups in total. The van der Waals surface area contributed by atoms with Crippen LogP contribution < -0.4 is 0 Å². The van der Waals surface area contributed by atoms with Crippen molar-refractivity contribution < 1.29 is 9.18 Å². The van der Waals surface area contributed by atoms with E-state index in [1.54, 1.807) is 21.5 Å². The molecule has 1 atom stereocenters. The summed E-state index contributed by atoms with van der Waals surface area (Å²) in [6.45, 7) is 1.05.